The van der Waals surface area contributed by atoms with Gasteiger partial charge in [-0.15, -0.1) is 0 Å². The fourth-order valence-corrected chi connectivity index (χ4v) is 1.46. The van der Waals surface area contributed by atoms with Crippen molar-refractivity contribution in [1.29, 1.82) is 0 Å². The van der Waals surface area contributed by atoms with Gasteiger partial charge in [0.05, 0.1) is 5.69 Å². The lowest BCUT2D eigenvalue weighted by molar-refractivity contribution is -0.132. The van der Waals surface area contributed by atoms with Crippen LogP contribution in [0.1, 0.15) is 39.2 Å². The molecule has 0 aliphatic carbocycles. The number of ether oxygens (including phenoxy) is 1. The smallest absolute Gasteiger partial charge is 0.330 e. The van der Waals surface area contributed by atoms with Gasteiger partial charge in [0.2, 0.25) is 0 Å². The Bertz CT molecular complexity index is 372. The Morgan fingerprint density at radius 3 is 2.62 bits per heavy atom. The van der Waals surface area contributed by atoms with Crippen LogP contribution in [-0.2, 0) is 4.79 Å². The summed E-state index contributed by atoms with van der Waals surface area (Å²) in [5, 5.41) is 3.03. The van der Waals surface area contributed by atoms with Gasteiger partial charge in [-0.3, -0.25) is 0 Å². The lowest BCUT2D eigenvalue weighted by Gasteiger charge is -2.18. The SMILES string of the molecule is CC.CC(C)c1ccc2c(c1)NCC(=O)O2. The van der Waals surface area contributed by atoms with Gasteiger partial charge in [0.15, 0.2) is 5.75 Å². The summed E-state index contributed by atoms with van der Waals surface area (Å²) in [4.78, 5) is 11.0. The van der Waals surface area contributed by atoms with Crippen LogP contribution in [0.25, 0.3) is 0 Å². The van der Waals surface area contributed by atoms with Gasteiger partial charge in [-0.05, 0) is 23.6 Å². The molecule has 1 N–H and O–H groups in total. The number of anilines is 1. The topological polar surface area (TPSA) is 38.3 Å². The van der Waals surface area contributed by atoms with E-state index in [9.17, 15) is 4.79 Å². The largest absolute Gasteiger partial charge is 0.423 e. The molecule has 0 amide bonds. The minimum Gasteiger partial charge on any atom is -0.423 e. The van der Waals surface area contributed by atoms with Crippen molar-refractivity contribution >= 4 is 11.7 Å². The number of carbonyl (C=O) groups excluding carboxylic acids is 1. The van der Waals surface area contributed by atoms with Gasteiger partial charge in [0.1, 0.15) is 6.54 Å². The molecule has 1 aromatic carbocycles. The van der Waals surface area contributed by atoms with Crippen LogP contribution >= 0.6 is 0 Å². The predicted octanol–water partition coefficient (Wildman–Crippen LogP) is 3.17. The van der Waals surface area contributed by atoms with Gasteiger partial charge in [-0.25, -0.2) is 4.79 Å². The van der Waals surface area contributed by atoms with Crippen molar-refractivity contribution in [2.45, 2.75) is 33.6 Å². The zero-order chi connectivity index (χ0) is 12.1. The zero-order valence-corrected chi connectivity index (χ0v) is 10.3. The number of esters is 1. The van der Waals surface area contributed by atoms with Crippen LogP contribution in [0.15, 0.2) is 18.2 Å². The van der Waals surface area contributed by atoms with E-state index >= 15 is 0 Å². The van der Waals surface area contributed by atoms with Crippen molar-refractivity contribution in [2.24, 2.45) is 0 Å². The minimum absolute atomic E-state index is 0.227. The second-order valence-corrected chi connectivity index (χ2v) is 3.74. The average molecular weight is 221 g/mol. The van der Waals surface area contributed by atoms with Crippen molar-refractivity contribution in [3.8, 4) is 5.75 Å². The molecule has 0 saturated heterocycles. The van der Waals surface area contributed by atoms with E-state index in [1.165, 1.54) is 5.56 Å². The highest BCUT2D eigenvalue weighted by Crippen LogP contribution is 2.30. The first-order chi connectivity index (χ1) is 7.66. The fraction of sp³-hybridized carbons (Fsp3) is 0.462. The van der Waals surface area contributed by atoms with E-state index in [1.54, 1.807) is 0 Å². The summed E-state index contributed by atoms with van der Waals surface area (Å²) in [6.45, 7) is 8.53. The third-order valence-corrected chi connectivity index (χ3v) is 2.32. The van der Waals surface area contributed by atoms with E-state index in [0.717, 1.165) is 5.69 Å². The summed E-state index contributed by atoms with van der Waals surface area (Å²) in [6.07, 6.45) is 0. The maximum atomic E-state index is 11.0. The Kier molecular flexibility index (Phi) is 4.35. The summed E-state index contributed by atoms with van der Waals surface area (Å²) in [5.74, 6) is 0.889. The van der Waals surface area contributed by atoms with Crippen molar-refractivity contribution in [2.75, 3.05) is 11.9 Å². The Morgan fingerprint density at radius 2 is 2.00 bits per heavy atom. The molecule has 0 atom stereocenters. The van der Waals surface area contributed by atoms with E-state index < -0.39 is 0 Å². The van der Waals surface area contributed by atoms with E-state index in [4.69, 9.17) is 4.74 Å². The average Bonchev–Trinajstić information content (AvgIpc) is 2.30. The van der Waals surface area contributed by atoms with Crippen LogP contribution in [0.5, 0.6) is 5.75 Å². The monoisotopic (exact) mass is 221 g/mol. The Morgan fingerprint density at radius 1 is 1.31 bits per heavy atom. The highest BCUT2D eigenvalue weighted by Gasteiger charge is 2.16. The first kappa shape index (κ1) is 12.6. The molecule has 0 unspecified atom stereocenters. The predicted molar refractivity (Wildman–Crippen MR) is 66.0 cm³/mol. The molecular weight excluding hydrogens is 202 g/mol. The maximum Gasteiger partial charge on any atom is 0.330 e. The molecule has 3 heteroatoms. The molecule has 0 fully saturated rings. The Balaban J connectivity index is 0.000000606. The summed E-state index contributed by atoms with van der Waals surface area (Å²) in [5.41, 5.74) is 2.16. The second kappa shape index (κ2) is 5.54. The summed E-state index contributed by atoms with van der Waals surface area (Å²) in [6, 6.07) is 5.87. The van der Waals surface area contributed by atoms with Crippen molar-refractivity contribution in [3.63, 3.8) is 0 Å². The standard InChI is InChI=1S/C11H13NO2.C2H6/c1-7(2)8-3-4-10-9(5-8)12-6-11(13)14-10;1-2/h3-5,7,12H,6H2,1-2H3;1-2H3. The first-order valence-electron chi connectivity index (χ1n) is 5.75. The van der Waals surface area contributed by atoms with Crippen LogP contribution in [0.4, 0.5) is 5.69 Å². The van der Waals surface area contributed by atoms with Crippen LogP contribution in [0.3, 0.4) is 0 Å². The van der Waals surface area contributed by atoms with Crippen LogP contribution < -0.4 is 10.1 Å². The van der Waals surface area contributed by atoms with Gasteiger partial charge in [0.25, 0.3) is 0 Å². The quantitative estimate of drug-likeness (QED) is 0.584. The molecule has 1 aliphatic rings. The molecule has 16 heavy (non-hydrogen) atoms. The molecule has 3 nitrogen and oxygen atoms in total. The molecule has 2 rings (SSSR count). The van der Waals surface area contributed by atoms with E-state index in [-0.39, 0.29) is 12.5 Å². The van der Waals surface area contributed by atoms with E-state index in [1.807, 2.05) is 32.0 Å². The maximum absolute atomic E-state index is 11.0. The lowest BCUT2D eigenvalue weighted by Crippen LogP contribution is -2.24. The number of carbonyl (C=O) groups is 1. The molecule has 1 aliphatic heterocycles. The highest BCUT2D eigenvalue weighted by molar-refractivity contribution is 5.83. The Labute approximate surface area is 96.8 Å². The van der Waals surface area contributed by atoms with E-state index in [0.29, 0.717) is 11.7 Å². The van der Waals surface area contributed by atoms with Gasteiger partial charge in [-0.1, -0.05) is 33.8 Å². The third-order valence-electron chi connectivity index (χ3n) is 2.32. The number of nitrogens with one attached hydrogen (secondary N) is 1. The first-order valence-corrected chi connectivity index (χ1v) is 5.75. The van der Waals surface area contributed by atoms with Crippen molar-refractivity contribution in [1.82, 2.24) is 0 Å². The summed E-state index contributed by atoms with van der Waals surface area (Å²) >= 11 is 0. The molecule has 0 radical (unpaired) electrons. The van der Waals surface area contributed by atoms with Crippen LogP contribution in [0.2, 0.25) is 0 Å². The number of benzene rings is 1. The molecule has 88 valence electrons. The molecular formula is C13H19NO2. The second-order valence-electron chi connectivity index (χ2n) is 3.74. The summed E-state index contributed by atoms with van der Waals surface area (Å²) < 4.78 is 5.07. The molecule has 0 bridgehead atoms. The summed E-state index contributed by atoms with van der Waals surface area (Å²) in [7, 11) is 0. The van der Waals surface area contributed by atoms with E-state index in [2.05, 4.69) is 19.2 Å². The van der Waals surface area contributed by atoms with Crippen molar-refractivity contribution < 1.29 is 9.53 Å². The molecule has 0 aromatic heterocycles. The molecule has 0 spiro atoms. The molecule has 1 heterocycles. The number of hydrogen-bond donors (Lipinski definition) is 1. The normalized spacial score (nSPS) is 13.2. The molecule has 1 aromatic rings. The van der Waals surface area contributed by atoms with Crippen LogP contribution in [-0.4, -0.2) is 12.5 Å². The third kappa shape index (κ3) is 2.75. The number of rotatable bonds is 1. The minimum atomic E-state index is -0.227. The van der Waals surface area contributed by atoms with Gasteiger partial charge in [-0.2, -0.15) is 0 Å². The van der Waals surface area contributed by atoms with Crippen molar-refractivity contribution in [3.05, 3.63) is 23.8 Å². The van der Waals surface area contributed by atoms with Gasteiger partial charge >= 0.3 is 5.97 Å². The fourth-order valence-electron chi connectivity index (χ4n) is 1.46. The Hall–Kier alpha value is -1.51. The molecule has 0 saturated carbocycles. The van der Waals surface area contributed by atoms with Crippen LogP contribution in [0, 0.1) is 0 Å². The van der Waals surface area contributed by atoms with Gasteiger partial charge in [0, 0.05) is 0 Å². The number of fused-ring (bicyclic) bond motifs is 1. The lowest BCUT2D eigenvalue weighted by atomic mass is 10.0. The number of hydrogen-bond acceptors (Lipinski definition) is 3. The van der Waals surface area contributed by atoms with Gasteiger partial charge < -0.3 is 10.1 Å². The zero-order valence-electron chi connectivity index (χ0n) is 10.3. The highest BCUT2D eigenvalue weighted by atomic mass is 16.5.